The lowest BCUT2D eigenvalue weighted by atomic mass is 10.1. The van der Waals surface area contributed by atoms with Crippen molar-refractivity contribution in [1.82, 2.24) is 5.32 Å². The van der Waals surface area contributed by atoms with Gasteiger partial charge < -0.3 is 15.5 Å². The van der Waals surface area contributed by atoms with Gasteiger partial charge in [-0.05, 0) is 30.7 Å². The van der Waals surface area contributed by atoms with Crippen LogP contribution in [0.1, 0.15) is 15.9 Å². The molecule has 0 saturated carbocycles. The first-order valence-corrected chi connectivity index (χ1v) is 4.92. The summed E-state index contributed by atoms with van der Waals surface area (Å²) < 4.78 is 25.3. The maximum absolute atomic E-state index is 12.7. The molecule has 17 heavy (non-hydrogen) atoms. The van der Waals surface area contributed by atoms with Crippen molar-refractivity contribution in [2.24, 2.45) is 0 Å². The van der Waals surface area contributed by atoms with Gasteiger partial charge in [0.1, 0.15) is 12.4 Å². The minimum Gasteiger partial charge on any atom is -0.508 e. The maximum atomic E-state index is 12.7. The summed E-state index contributed by atoms with van der Waals surface area (Å²) in [5, 5.41) is 19.6. The summed E-state index contributed by atoms with van der Waals surface area (Å²) in [5.74, 6) is -3.98. The number of aliphatic hydroxyl groups excluding tert-OH is 1. The fraction of sp³-hybridized carbons (Fsp3) is 0.364. The second-order valence-corrected chi connectivity index (χ2v) is 3.70. The second kappa shape index (κ2) is 5.09. The smallest absolute Gasteiger partial charge is 0.287 e. The van der Waals surface area contributed by atoms with Gasteiger partial charge in [0.05, 0.1) is 6.54 Å². The highest BCUT2D eigenvalue weighted by Gasteiger charge is 2.28. The number of nitrogens with one attached hydrogen (secondary N) is 1. The average molecular weight is 245 g/mol. The highest BCUT2D eigenvalue weighted by molar-refractivity contribution is 5.94. The molecule has 1 amide bonds. The van der Waals surface area contributed by atoms with Gasteiger partial charge in [0, 0.05) is 5.56 Å². The summed E-state index contributed by atoms with van der Waals surface area (Å²) in [7, 11) is 0. The van der Waals surface area contributed by atoms with Crippen LogP contribution in [0.4, 0.5) is 8.78 Å². The highest BCUT2D eigenvalue weighted by atomic mass is 19.3. The van der Waals surface area contributed by atoms with Crippen LogP contribution in [0.2, 0.25) is 0 Å². The van der Waals surface area contributed by atoms with E-state index in [1.807, 2.05) is 5.32 Å². The normalized spacial score (nSPS) is 11.3. The molecule has 0 bridgehead atoms. The summed E-state index contributed by atoms with van der Waals surface area (Å²) in [5.41, 5.74) is 0.653. The van der Waals surface area contributed by atoms with E-state index >= 15 is 0 Å². The minimum atomic E-state index is -3.33. The Hall–Kier alpha value is -1.69. The third kappa shape index (κ3) is 3.67. The predicted octanol–water partition coefficient (Wildman–Crippen LogP) is 1.06. The molecule has 6 heteroatoms. The van der Waals surface area contributed by atoms with Crippen molar-refractivity contribution < 1.29 is 23.8 Å². The lowest BCUT2D eigenvalue weighted by Crippen LogP contribution is -2.38. The van der Waals surface area contributed by atoms with Crippen LogP contribution in [0, 0.1) is 6.92 Å². The van der Waals surface area contributed by atoms with Crippen molar-refractivity contribution in [2.45, 2.75) is 12.8 Å². The number of phenols is 1. The predicted molar refractivity (Wildman–Crippen MR) is 57.2 cm³/mol. The number of halogens is 2. The van der Waals surface area contributed by atoms with Crippen LogP contribution in [0.3, 0.4) is 0 Å². The lowest BCUT2D eigenvalue weighted by molar-refractivity contribution is -0.0462. The zero-order valence-corrected chi connectivity index (χ0v) is 9.20. The van der Waals surface area contributed by atoms with Crippen molar-refractivity contribution in [3.05, 3.63) is 29.3 Å². The van der Waals surface area contributed by atoms with Crippen LogP contribution in [0.5, 0.6) is 5.75 Å². The molecule has 0 heterocycles. The number of alkyl halides is 2. The molecule has 3 N–H and O–H groups in total. The van der Waals surface area contributed by atoms with E-state index in [2.05, 4.69) is 0 Å². The van der Waals surface area contributed by atoms with E-state index in [-0.39, 0.29) is 11.3 Å². The monoisotopic (exact) mass is 245 g/mol. The number of phenolic OH excluding ortho intramolecular Hbond substituents is 1. The first-order valence-electron chi connectivity index (χ1n) is 4.92. The van der Waals surface area contributed by atoms with Crippen molar-refractivity contribution >= 4 is 5.91 Å². The minimum absolute atomic E-state index is 0.0299. The zero-order chi connectivity index (χ0) is 13.1. The van der Waals surface area contributed by atoms with E-state index < -0.39 is 25.0 Å². The third-order valence-electron chi connectivity index (χ3n) is 2.20. The number of aromatic hydroxyl groups is 1. The van der Waals surface area contributed by atoms with E-state index in [4.69, 9.17) is 5.11 Å². The van der Waals surface area contributed by atoms with Crippen LogP contribution in [-0.2, 0) is 0 Å². The molecule has 4 nitrogen and oxygen atoms in total. The molecule has 0 aliphatic heterocycles. The summed E-state index contributed by atoms with van der Waals surface area (Å²) >= 11 is 0. The van der Waals surface area contributed by atoms with Crippen LogP contribution in [0.15, 0.2) is 18.2 Å². The Morgan fingerprint density at radius 3 is 2.65 bits per heavy atom. The summed E-state index contributed by atoms with van der Waals surface area (Å²) in [6.07, 6.45) is 0. The molecular formula is C11H13F2NO3. The van der Waals surface area contributed by atoms with E-state index in [0.29, 0.717) is 5.56 Å². The van der Waals surface area contributed by atoms with Gasteiger partial charge >= 0.3 is 0 Å². The molecular weight excluding hydrogens is 232 g/mol. The molecule has 0 saturated heterocycles. The number of amides is 1. The maximum Gasteiger partial charge on any atom is 0.287 e. The fourth-order valence-corrected chi connectivity index (χ4v) is 1.16. The quantitative estimate of drug-likeness (QED) is 0.742. The van der Waals surface area contributed by atoms with Gasteiger partial charge in [-0.15, -0.1) is 0 Å². The lowest BCUT2D eigenvalue weighted by Gasteiger charge is -2.14. The summed E-state index contributed by atoms with van der Waals surface area (Å²) in [6, 6.07) is 4.03. The van der Waals surface area contributed by atoms with Crippen LogP contribution in [0.25, 0.3) is 0 Å². The Morgan fingerprint density at radius 1 is 1.47 bits per heavy atom. The second-order valence-electron chi connectivity index (χ2n) is 3.70. The molecule has 0 spiro atoms. The topological polar surface area (TPSA) is 69.6 Å². The van der Waals surface area contributed by atoms with Crippen LogP contribution < -0.4 is 5.32 Å². The Labute approximate surface area is 96.9 Å². The number of benzene rings is 1. The number of aryl methyl sites for hydroxylation is 1. The Bertz CT molecular complexity index is 421. The number of rotatable bonds is 4. The standard InChI is InChI=1S/C11H13F2NO3/c1-7-4-8(2-3-9(7)16)10(17)14-5-11(12,13)6-15/h2-4,15-16H,5-6H2,1H3,(H,14,17). The SMILES string of the molecule is Cc1cc(C(=O)NCC(F)(F)CO)ccc1O. The number of carbonyl (C=O) groups is 1. The van der Waals surface area contributed by atoms with Gasteiger partial charge in [-0.25, -0.2) is 8.78 Å². The molecule has 1 aromatic rings. The van der Waals surface area contributed by atoms with Crippen molar-refractivity contribution in [3.8, 4) is 5.75 Å². The number of hydrogen-bond acceptors (Lipinski definition) is 3. The van der Waals surface area contributed by atoms with Gasteiger partial charge in [0.2, 0.25) is 0 Å². The third-order valence-corrected chi connectivity index (χ3v) is 2.20. The van der Waals surface area contributed by atoms with E-state index in [9.17, 15) is 18.7 Å². The average Bonchev–Trinajstić information content (AvgIpc) is 2.30. The fourth-order valence-electron chi connectivity index (χ4n) is 1.16. The van der Waals surface area contributed by atoms with Gasteiger partial charge in [-0.1, -0.05) is 0 Å². The Kier molecular flexibility index (Phi) is 4.01. The molecule has 1 rings (SSSR count). The molecule has 0 radical (unpaired) electrons. The Morgan fingerprint density at radius 2 is 2.12 bits per heavy atom. The van der Waals surface area contributed by atoms with Gasteiger partial charge in [-0.2, -0.15) is 0 Å². The van der Waals surface area contributed by atoms with Crippen molar-refractivity contribution in [1.29, 1.82) is 0 Å². The molecule has 0 fully saturated rings. The van der Waals surface area contributed by atoms with E-state index in [1.54, 1.807) is 6.92 Å². The number of aliphatic hydroxyl groups is 1. The Balaban J connectivity index is 2.68. The first-order chi connectivity index (χ1) is 7.85. The molecule has 0 aliphatic carbocycles. The van der Waals surface area contributed by atoms with Crippen molar-refractivity contribution in [2.75, 3.05) is 13.2 Å². The highest BCUT2D eigenvalue weighted by Crippen LogP contribution is 2.17. The summed E-state index contributed by atoms with van der Waals surface area (Å²) in [4.78, 5) is 11.5. The largest absolute Gasteiger partial charge is 0.508 e. The molecule has 94 valence electrons. The first kappa shape index (κ1) is 13.4. The van der Waals surface area contributed by atoms with Gasteiger partial charge in [0.25, 0.3) is 11.8 Å². The molecule has 0 aliphatic rings. The summed E-state index contributed by atoms with van der Waals surface area (Å²) in [6.45, 7) is -0.654. The van der Waals surface area contributed by atoms with Gasteiger partial charge in [-0.3, -0.25) is 4.79 Å². The molecule has 1 aromatic carbocycles. The van der Waals surface area contributed by atoms with Crippen molar-refractivity contribution in [3.63, 3.8) is 0 Å². The van der Waals surface area contributed by atoms with Gasteiger partial charge in [0.15, 0.2) is 0 Å². The van der Waals surface area contributed by atoms with Crippen LogP contribution in [-0.4, -0.2) is 35.2 Å². The van der Waals surface area contributed by atoms with E-state index in [0.717, 1.165) is 0 Å². The molecule has 0 unspecified atom stereocenters. The number of carbonyl (C=O) groups excluding carboxylic acids is 1. The zero-order valence-electron chi connectivity index (χ0n) is 9.20. The van der Waals surface area contributed by atoms with E-state index in [1.165, 1.54) is 18.2 Å². The van der Waals surface area contributed by atoms with Crippen LogP contribution >= 0.6 is 0 Å². The molecule has 0 aromatic heterocycles. The number of hydrogen-bond donors (Lipinski definition) is 3. The molecule has 0 atom stereocenters.